The molecule has 2 N–H and O–H groups in total. The number of hydrogen-bond donors (Lipinski definition) is 2. The summed E-state index contributed by atoms with van der Waals surface area (Å²) in [5.41, 5.74) is 4.29. The molecule has 1 fully saturated rings. The first-order valence-electron chi connectivity index (χ1n) is 8.99. The zero-order valence-corrected chi connectivity index (χ0v) is 16.5. The van der Waals surface area contributed by atoms with Crippen LogP contribution in [0.3, 0.4) is 0 Å². The molecule has 0 radical (unpaired) electrons. The van der Waals surface area contributed by atoms with Gasteiger partial charge < -0.3 is 19.9 Å². The van der Waals surface area contributed by atoms with Crippen LogP contribution in [-0.4, -0.2) is 58.3 Å². The van der Waals surface area contributed by atoms with Crippen molar-refractivity contribution in [1.29, 1.82) is 0 Å². The van der Waals surface area contributed by atoms with Gasteiger partial charge >= 0.3 is 0 Å². The molecular weight excluding hydrogens is 424 g/mol. The molecule has 0 spiro atoms. The lowest BCUT2D eigenvalue weighted by Gasteiger charge is -2.26. The number of H-pyrrole nitrogens is 1. The van der Waals surface area contributed by atoms with Gasteiger partial charge in [-0.1, -0.05) is 6.07 Å². The Labute approximate surface area is 169 Å². The molecular formula is C19H17BrN6O2. The molecule has 0 aliphatic carbocycles. The van der Waals surface area contributed by atoms with Crippen molar-refractivity contribution in [3.05, 3.63) is 45.8 Å². The van der Waals surface area contributed by atoms with Crippen LogP contribution >= 0.6 is 15.9 Å². The molecule has 3 aromatic rings. The Morgan fingerprint density at radius 3 is 2.96 bits per heavy atom. The fourth-order valence-corrected chi connectivity index (χ4v) is 4.11. The molecule has 28 heavy (non-hydrogen) atoms. The number of nitrogens with zero attached hydrogens (tertiary/aromatic N) is 4. The van der Waals surface area contributed by atoms with Gasteiger partial charge in [-0.15, -0.1) is 0 Å². The Morgan fingerprint density at radius 2 is 2.11 bits per heavy atom. The van der Waals surface area contributed by atoms with Gasteiger partial charge in [0.2, 0.25) is 0 Å². The number of amides is 1. The fraction of sp³-hybridized carbons (Fsp3) is 0.263. The Hall–Kier alpha value is -2.78. The average Bonchev–Trinajstić information content (AvgIpc) is 3.33. The summed E-state index contributed by atoms with van der Waals surface area (Å²) in [6, 6.07) is 6.10. The third kappa shape index (κ3) is 2.96. The molecule has 2 aliphatic rings. The molecule has 2 aliphatic heterocycles. The van der Waals surface area contributed by atoms with Crippen LogP contribution in [0.5, 0.6) is 0 Å². The van der Waals surface area contributed by atoms with Crippen LogP contribution in [-0.2, 0) is 11.3 Å². The molecule has 0 bridgehead atoms. The molecule has 0 saturated carbocycles. The van der Waals surface area contributed by atoms with Gasteiger partial charge in [0.15, 0.2) is 0 Å². The molecule has 5 rings (SSSR count). The molecule has 1 aromatic carbocycles. The summed E-state index contributed by atoms with van der Waals surface area (Å²) in [4.78, 5) is 30.8. The summed E-state index contributed by atoms with van der Waals surface area (Å²) in [5, 5.41) is 4.09. The van der Waals surface area contributed by atoms with Gasteiger partial charge in [-0.25, -0.2) is 9.97 Å². The minimum Gasteiger partial charge on any atom is -0.378 e. The zero-order chi connectivity index (χ0) is 19.1. The number of rotatable bonds is 3. The summed E-state index contributed by atoms with van der Waals surface area (Å²) in [7, 11) is 0. The highest BCUT2D eigenvalue weighted by Gasteiger charge is 2.25. The first kappa shape index (κ1) is 17.3. The maximum Gasteiger partial charge on any atom is 0.271 e. The third-order valence-electron chi connectivity index (χ3n) is 4.94. The van der Waals surface area contributed by atoms with Crippen molar-refractivity contribution in [2.45, 2.75) is 6.54 Å². The molecule has 142 valence electrons. The number of aromatic nitrogens is 3. The van der Waals surface area contributed by atoms with E-state index in [4.69, 9.17) is 4.74 Å². The van der Waals surface area contributed by atoms with Crippen molar-refractivity contribution in [2.75, 3.05) is 31.6 Å². The van der Waals surface area contributed by atoms with E-state index in [1.807, 2.05) is 18.3 Å². The zero-order valence-electron chi connectivity index (χ0n) is 14.9. The first-order chi connectivity index (χ1) is 13.7. The second-order valence-corrected chi connectivity index (χ2v) is 7.47. The Kier molecular flexibility index (Phi) is 4.33. The second kappa shape index (κ2) is 6.99. The van der Waals surface area contributed by atoms with E-state index in [-0.39, 0.29) is 5.91 Å². The summed E-state index contributed by atoms with van der Waals surface area (Å²) < 4.78 is 5.99. The molecule has 1 amide bonds. The number of aliphatic imine (C=N–C) groups is 1. The van der Waals surface area contributed by atoms with E-state index in [0.717, 1.165) is 23.2 Å². The van der Waals surface area contributed by atoms with Crippen LogP contribution < -0.4 is 5.32 Å². The number of hydrogen-bond acceptors (Lipinski definition) is 6. The van der Waals surface area contributed by atoms with Gasteiger partial charge in [0.05, 0.1) is 29.6 Å². The van der Waals surface area contributed by atoms with Crippen molar-refractivity contribution in [3.63, 3.8) is 0 Å². The number of ether oxygens (including phenoxy) is 1. The Morgan fingerprint density at radius 1 is 1.25 bits per heavy atom. The summed E-state index contributed by atoms with van der Waals surface area (Å²) in [5.74, 6) is 0.553. The maximum atomic E-state index is 12.9. The average molecular weight is 441 g/mol. The number of aromatic amines is 1. The van der Waals surface area contributed by atoms with Crippen molar-refractivity contribution in [3.8, 4) is 0 Å². The summed E-state index contributed by atoms with van der Waals surface area (Å²) in [6.07, 6.45) is 3.35. The highest BCUT2D eigenvalue weighted by atomic mass is 79.9. The monoisotopic (exact) mass is 440 g/mol. The predicted molar refractivity (Wildman–Crippen MR) is 109 cm³/mol. The van der Waals surface area contributed by atoms with E-state index in [0.29, 0.717) is 47.9 Å². The van der Waals surface area contributed by atoms with Crippen molar-refractivity contribution in [2.24, 2.45) is 4.99 Å². The third-order valence-corrected chi connectivity index (χ3v) is 5.74. The van der Waals surface area contributed by atoms with Crippen molar-refractivity contribution >= 4 is 50.6 Å². The molecule has 0 unspecified atom stereocenters. The van der Waals surface area contributed by atoms with Gasteiger partial charge in [0.25, 0.3) is 5.91 Å². The molecule has 1 saturated heterocycles. The van der Waals surface area contributed by atoms with Gasteiger partial charge in [-0.3, -0.25) is 9.79 Å². The topological polar surface area (TPSA) is 95.5 Å². The minimum atomic E-state index is -0.0760. The summed E-state index contributed by atoms with van der Waals surface area (Å²) in [6.45, 7) is 2.99. The van der Waals surface area contributed by atoms with Crippen LogP contribution in [0.4, 0.5) is 11.5 Å². The SMILES string of the molecule is O=C(c1[nH]c2ncnc(Nc3ccc4c(c3)C=NC4)c2c1Br)N1CCOCC1. The number of anilines is 2. The predicted octanol–water partition coefficient (Wildman–Crippen LogP) is 2.87. The van der Waals surface area contributed by atoms with Crippen molar-refractivity contribution in [1.82, 2.24) is 19.9 Å². The molecule has 8 nitrogen and oxygen atoms in total. The van der Waals surface area contributed by atoms with Crippen LogP contribution in [0, 0.1) is 0 Å². The normalized spacial score (nSPS) is 15.8. The van der Waals surface area contributed by atoms with E-state index in [2.05, 4.69) is 47.3 Å². The molecule has 0 atom stereocenters. The number of fused-ring (bicyclic) bond motifs is 2. The first-order valence-corrected chi connectivity index (χ1v) is 9.79. The quantitative estimate of drug-likeness (QED) is 0.652. The maximum absolute atomic E-state index is 12.9. The number of morpholine rings is 1. The van der Waals surface area contributed by atoms with E-state index >= 15 is 0 Å². The van der Waals surface area contributed by atoms with Gasteiger partial charge in [0.1, 0.15) is 23.5 Å². The number of carbonyl (C=O) groups excluding carboxylic acids is 1. The fourth-order valence-electron chi connectivity index (χ4n) is 3.47. The molecule has 2 aromatic heterocycles. The number of carbonyl (C=O) groups is 1. The smallest absolute Gasteiger partial charge is 0.271 e. The molecule has 4 heterocycles. The van der Waals surface area contributed by atoms with E-state index < -0.39 is 0 Å². The second-order valence-electron chi connectivity index (χ2n) is 6.67. The lowest BCUT2D eigenvalue weighted by atomic mass is 10.1. The highest BCUT2D eigenvalue weighted by Crippen LogP contribution is 2.34. The van der Waals surface area contributed by atoms with Crippen molar-refractivity contribution < 1.29 is 9.53 Å². The van der Waals surface area contributed by atoms with E-state index in [1.54, 1.807) is 4.90 Å². The number of nitrogens with one attached hydrogen (secondary N) is 2. The van der Waals surface area contributed by atoms with E-state index in [9.17, 15) is 4.79 Å². The lowest BCUT2D eigenvalue weighted by molar-refractivity contribution is 0.0299. The largest absolute Gasteiger partial charge is 0.378 e. The molecule has 9 heteroatoms. The van der Waals surface area contributed by atoms with E-state index in [1.165, 1.54) is 11.9 Å². The van der Waals surface area contributed by atoms with Crippen LogP contribution in [0.25, 0.3) is 11.0 Å². The summed E-state index contributed by atoms with van der Waals surface area (Å²) >= 11 is 3.58. The number of halogens is 1. The minimum absolute atomic E-state index is 0.0760. The van der Waals surface area contributed by atoms with Gasteiger partial charge in [-0.2, -0.15) is 0 Å². The Bertz CT molecular complexity index is 1100. The van der Waals surface area contributed by atoms with Gasteiger partial charge in [0, 0.05) is 25.0 Å². The van der Waals surface area contributed by atoms with Gasteiger partial charge in [-0.05, 0) is 39.2 Å². The highest BCUT2D eigenvalue weighted by molar-refractivity contribution is 9.10. The van der Waals surface area contributed by atoms with Crippen LogP contribution in [0.1, 0.15) is 21.6 Å². The Balaban J connectivity index is 1.51. The lowest BCUT2D eigenvalue weighted by Crippen LogP contribution is -2.40. The van der Waals surface area contributed by atoms with Crippen LogP contribution in [0.2, 0.25) is 0 Å². The standard InChI is InChI=1S/C19H17BrN6O2/c20-15-14-17(24-13-2-1-11-8-21-9-12(11)7-13)22-10-23-18(14)25-16(15)19(27)26-3-5-28-6-4-26/h1-2,7,9-10H,3-6,8H2,(H2,22,23,24,25). The number of benzene rings is 1. The van der Waals surface area contributed by atoms with Crippen LogP contribution in [0.15, 0.2) is 34.0 Å².